The number of hydrogen-bond donors (Lipinski definition) is 2. The van der Waals surface area contributed by atoms with Gasteiger partial charge in [-0.1, -0.05) is 13.3 Å². The first kappa shape index (κ1) is 16.0. The zero-order chi connectivity index (χ0) is 14.4. The molecule has 1 unspecified atom stereocenters. The molecule has 0 bridgehead atoms. The van der Waals surface area contributed by atoms with E-state index in [1.165, 1.54) is 0 Å². The molecule has 0 spiro atoms. The van der Waals surface area contributed by atoms with Gasteiger partial charge in [0.2, 0.25) is 5.91 Å². The van der Waals surface area contributed by atoms with E-state index in [1.54, 1.807) is 0 Å². The molecule has 2 N–H and O–H groups in total. The van der Waals surface area contributed by atoms with Crippen molar-refractivity contribution in [3.63, 3.8) is 0 Å². The van der Waals surface area contributed by atoms with Crippen molar-refractivity contribution in [2.24, 2.45) is 17.8 Å². The summed E-state index contributed by atoms with van der Waals surface area (Å²) in [4.78, 5) is 23.2. The van der Waals surface area contributed by atoms with Crippen molar-refractivity contribution in [1.29, 1.82) is 0 Å². The Morgan fingerprint density at radius 2 is 1.95 bits per heavy atom. The molecule has 1 fully saturated rings. The molecule has 1 aliphatic carbocycles. The molecule has 3 atom stereocenters. The average Bonchev–Trinajstić information content (AvgIpc) is 2.78. The van der Waals surface area contributed by atoms with E-state index in [0.29, 0.717) is 31.9 Å². The van der Waals surface area contributed by atoms with Crippen molar-refractivity contribution < 1.29 is 19.4 Å². The maximum Gasteiger partial charge on any atom is 0.307 e. The van der Waals surface area contributed by atoms with Crippen molar-refractivity contribution in [2.45, 2.75) is 46.1 Å². The number of ether oxygens (including phenoxy) is 1. The molecule has 0 aromatic rings. The van der Waals surface area contributed by atoms with Gasteiger partial charge in [-0.25, -0.2) is 0 Å². The highest BCUT2D eigenvalue weighted by molar-refractivity contribution is 5.85. The molecule has 1 saturated carbocycles. The Balaban J connectivity index is 2.43. The minimum absolute atomic E-state index is 0.139. The minimum Gasteiger partial charge on any atom is -0.481 e. The zero-order valence-electron chi connectivity index (χ0n) is 12.0. The molecule has 5 nitrogen and oxygen atoms in total. The van der Waals surface area contributed by atoms with Crippen molar-refractivity contribution in [2.75, 3.05) is 13.2 Å². The summed E-state index contributed by atoms with van der Waals surface area (Å²) in [5.41, 5.74) is 0. The fourth-order valence-corrected chi connectivity index (χ4v) is 2.64. The molecule has 1 amide bonds. The van der Waals surface area contributed by atoms with Gasteiger partial charge in [0.15, 0.2) is 0 Å². The molecule has 1 aliphatic rings. The van der Waals surface area contributed by atoms with Crippen molar-refractivity contribution in [3.05, 3.63) is 0 Å². The number of hydrogen-bond acceptors (Lipinski definition) is 3. The summed E-state index contributed by atoms with van der Waals surface area (Å²) >= 11 is 0. The highest BCUT2D eigenvalue weighted by Gasteiger charge is 2.41. The van der Waals surface area contributed by atoms with Crippen molar-refractivity contribution in [1.82, 2.24) is 5.32 Å². The van der Waals surface area contributed by atoms with Crippen LogP contribution in [-0.2, 0) is 14.3 Å². The lowest BCUT2D eigenvalue weighted by Crippen LogP contribution is -2.37. The normalized spacial score (nSPS) is 26.6. The highest BCUT2D eigenvalue weighted by Crippen LogP contribution is 2.38. The van der Waals surface area contributed by atoms with Crippen LogP contribution in [0.1, 0.15) is 40.0 Å². The number of rotatable bonds is 7. The smallest absolute Gasteiger partial charge is 0.307 e. The van der Waals surface area contributed by atoms with Crippen LogP contribution in [0.3, 0.4) is 0 Å². The third-order valence-electron chi connectivity index (χ3n) is 3.74. The number of aliphatic carboxylic acids is 1. The quantitative estimate of drug-likeness (QED) is 0.691. The van der Waals surface area contributed by atoms with Crippen LogP contribution in [0.25, 0.3) is 0 Å². The Hall–Kier alpha value is -1.10. The maximum absolute atomic E-state index is 12.0. The number of carbonyl (C=O) groups excluding carboxylic acids is 1. The van der Waals surface area contributed by atoms with Crippen LogP contribution in [0, 0.1) is 17.8 Å². The van der Waals surface area contributed by atoms with Gasteiger partial charge in [0.05, 0.1) is 24.5 Å². The van der Waals surface area contributed by atoms with E-state index >= 15 is 0 Å². The van der Waals surface area contributed by atoms with E-state index in [9.17, 15) is 14.7 Å². The second-order valence-electron chi connectivity index (χ2n) is 5.51. The summed E-state index contributed by atoms with van der Waals surface area (Å²) in [5, 5.41) is 12.0. The van der Waals surface area contributed by atoms with Crippen LogP contribution in [0.15, 0.2) is 0 Å². The Labute approximate surface area is 114 Å². The van der Waals surface area contributed by atoms with E-state index < -0.39 is 11.9 Å². The standard InChI is InChI=1S/C14H25NO4/c1-4-10-7-11(12(8-10)14(17)18)13(16)15-5-6-19-9(2)3/h9-12H,4-8H2,1-3H3,(H,15,16)(H,17,18)/t10?,11-,12+/m0/s1. The fraction of sp³-hybridized carbons (Fsp3) is 0.857. The Bertz CT molecular complexity index is 317. The van der Waals surface area contributed by atoms with Crippen LogP contribution in [0.4, 0.5) is 0 Å². The van der Waals surface area contributed by atoms with Crippen LogP contribution >= 0.6 is 0 Å². The van der Waals surface area contributed by atoms with E-state index in [1.807, 2.05) is 20.8 Å². The van der Waals surface area contributed by atoms with Gasteiger partial charge >= 0.3 is 5.97 Å². The van der Waals surface area contributed by atoms with Gasteiger partial charge in [-0.05, 0) is 32.6 Å². The topological polar surface area (TPSA) is 75.6 Å². The third-order valence-corrected chi connectivity index (χ3v) is 3.74. The van der Waals surface area contributed by atoms with Crippen LogP contribution in [-0.4, -0.2) is 36.2 Å². The van der Waals surface area contributed by atoms with Gasteiger partial charge in [-0.15, -0.1) is 0 Å². The first-order valence-corrected chi connectivity index (χ1v) is 7.07. The summed E-state index contributed by atoms with van der Waals surface area (Å²) in [5.74, 6) is -1.56. The Morgan fingerprint density at radius 1 is 1.32 bits per heavy atom. The molecule has 0 aromatic carbocycles. The lowest BCUT2D eigenvalue weighted by Gasteiger charge is -2.16. The molecular weight excluding hydrogens is 246 g/mol. The Kier molecular flexibility index (Phi) is 6.28. The number of carboxylic acids is 1. The zero-order valence-corrected chi connectivity index (χ0v) is 12.0. The molecule has 110 valence electrons. The average molecular weight is 271 g/mol. The van der Waals surface area contributed by atoms with Crippen molar-refractivity contribution in [3.8, 4) is 0 Å². The second-order valence-corrected chi connectivity index (χ2v) is 5.51. The van der Waals surface area contributed by atoms with Crippen molar-refractivity contribution >= 4 is 11.9 Å². The highest BCUT2D eigenvalue weighted by atomic mass is 16.5. The molecule has 1 rings (SSSR count). The summed E-state index contributed by atoms with van der Waals surface area (Å²) in [7, 11) is 0. The van der Waals surface area contributed by atoms with Gasteiger partial charge < -0.3 is 15.2 Å². The fourth-order valence-electron chi connectivity index (χ4n) is 2.64. The maximum atomic E-state index is 12.0. The van der Waals surface area contributed by atoms with Gasteiger partial charge in [-0.3, -0.25) is 9.59 Å². The molecule has 0 saturated heterocycles. The summed E-state index contributed by atoms with van der Waals surface area (Å²) in [6, 6.07) is 0. The number of carboxylic acid groups (broad SMARTS) is 1. The molecule has 0 aliphatic heterocycles. The lowest BCUT2D eigenvalue weighted by molar-refractivity contribution is -0.146. The Morgan fingerprint density at radius 3 is 2.47 bits per heavy atom. The summed E-state index contributed by atoms with van der Waals surface area (Å²) < 4.78 is 5.34. The summed E-state index contributed by atoms with van der Waals surface area (Å²) in [6.07, 6.45) is 2.38. The van der Waals surface area contributed by atoms with Gasteiger partial charge in [0.25, 0.3) is 0 Å². The lowest BCUT2D eigenvalue weighted by atomic mass is 9.95. The predicted molar refractivity (Wildman–Crippen MR) is 71.7 cm³/mol. The van der Waals surface area contributed by atoms with E-state index in [4.69, 9.17) is 4.74 Å². The minimum atomic E-state index is -0.852. The van der Waals surface area contributed by atoms with Crippen LogP contribution < -0.4 is 5.32 Å². The van der Waals surface area contributed by atoms with Gasteiger partial charge in [0.1, 0.15) is 0 Å². The molecule has 0 heterocycles. The van der Waals surface area contributed by atoms with Gasteiger partial charge in [-0.2, -0.15) is 0 Å². The van der Waals surface area contributed by atoms with E-state index in [-0.39, 0.29) is 17.9 Å². The first-order chi connectivity index (χ1) is 8.95. The first-order valence-electron chi connectivity index (χ1n) is 7.07. The van der Waals surface area contributed by atoms with Gasteiger partial charge in [0, 0.05) is 6.54 Å². The molecule has 0 aromatic heterocycles. The van der Waals surface area contributed by atoms with Crippen LogP contribution in [0.2, 0.25) is 0 Å². The summed E-state index contributed by atoms with van der Waals surface area (Å²) in [6.45, 7) is 6.82. The third kappa shape index (κ3) is 4.82. The number of amides is 1. The van der Waals surface area contributed by atoms with E-state index in [2.05, 4.69) is 5.32 Å². The van der Waals surface area contributed by atoms with Crippen LogP contribution in [0.5, 0.6) is 0 Å². The molecule has 5 heteroatoms. The molecule has 19 heavy (non-hydrogen) atoms. The van der Waals surface area contributed by atoms with E-state index in [0.717, 1.165) is 6.42 Å². The number of carbonyl (C=O) groups is 2. The molecule has 0 radical (unpaired) electrons. The SMILES string of the molecule is CCC1C[C@H](C(=O)NCCOC(C)C)[C@H](C(=O)O)C1. The molecular formula is C14H25NO4. The predicted octanol–water partition coefficient (Wildman–Crippen LogP) is 1.66. The number of nitrogens with one attached hydrogen (secondary N) is 1. The second kappa shape index (κ2) is 7.48. The largest absolute Gasteiger partial charge is 0.481 e. The monoisotopic (exact) mass is 271 g/mol.